The summed E-state index contributed by atoms with van der Waals surface area (Å²) in [5.74, 6) is 1.38. The molecular weight excluding hydrogens is 202 g/mol. The molecule has 0 aliphatic heterocycles. The molecule has 0 unspecified atom stereocenters. The summed E-state index contributed by atoms with van der Waals surface area (Å²) in [4.78, 5) is 4.30. The molecule has 1 heterocycles. The molecule has 0 radical (unpaired) electrons. The quantitative estimate of drug-likeness (QED) is 0.851. The highest BCUT2D eigenvalue weighted by Crippen LogP contribution is 2.38. The Morgan fingerprint density at radius 3 is 2.81 bits per heavy atom. The topological polar surface area (TPSA) is 51.0 Å². The lowest BCUT2D eigenvalue weighted by molar-refractivity contribution is 0.422. The molecule has 4 nitrogen and oxygen atoms in total. The van der Waals surface area contributed by atoms with E-state index in [2.05, 4.69) is 27.6 Å². The molecule has 1 fully saturated rings. The zero-order valence-electron chi connectivity index (χ0n) is 8.89. The molecule has 4 heteroatoms. The fraction of sp³-hybridized carbons (Fsp3) is 0.333. The van der Waals surface area contributed by atoms with Crippen LogP contribution < -0.4 is 5.32 Å². The summed E-state index contributed by atoms with van der Waals surface area (Å²) >= 11 is 0. The Labute approximate surface area is 93.7 Å². The summed E-state index contributed by atoms with van der Waals surface area (Å²) in [6, 6.07) is 10.7. The summed E-state index contributed by atoms with van der Waals surface area (Å²) in [6.07, 6.45) is 2.38. The van der Waals surface area contributed by atoms with Gasteiger partial charge in [-0.25, -0.2) is 0 Å². The second-order valence-corrected chi connectivity index (χ2v) is 4.07. The molecule has 2 aromatic rings. The summed E-state index contributed by atoms with van der Waals surface area (Å²) in [5, 5.41) is 7.07. The summed E-state index contributed by atoms with van der Waals surface area (Å²) < 4.78 is 5.12. The van der Waals surface area contributed by atoms with E-state index >= 15 is 0 Å². The first-order valence-corrected chi connectivity index (χ1v) is 5.53. The highest BCUT2D eigenvalue weighted by atomic mass is 16.5. The van der Waals surface area contributed by atoms with Gasteiger partial charge >= 0.3 is 6.01 Å². The van der Waals surface area contributed by atoms with E-state index in [-0.39, 0.29) is 0 Å². The van der Waals surface area contributed by atoms with Crippen LogP contribution in [0.5, 0.6) is 0 Å². The zero-order chi connectivity index (χ0) is 10.8. The number of rotatable bonds is 4. The lowest BCUT2D eigenvalue weighted by atomic mass is 10.2. The van der Waals surface area contributed by atoms with Crippen LogP contribution in [0.2, 0.25) is 0 Å². The van der Waals surface area contributed by atoms with Gasteiger partial charge in [0.25, 0.3) is 0 Å². The first-order chi connectivity index (χ1) is 7.92. The third kappa shape index (κ3) is 2.05. The van der Waals surface area contributed by atoms with Crippen molar-refractivity contribution in [1.82, 2.24) is 10.1 Å². The maximum Gasteiger partial charge on any atom is 0.321 e. The largest absolute Gasteiger partial charge is 0.334 e. The highest BCUT2D eigenvalue weighted by Gasteiger charge is 2.28. The maximum absolute atomic E-state index is 5.12. The van der Waals surface area contributed by atoms with E-state index in [0.29, 0.717) is 18.5 Å². The van der Waals surface area contributed by atoms with Crippen molar-refractivity contribution < 1.29 is 4.52 Å². The molecule has 82 valence electrons. The van der Waals surface area contributed by atoms with Crippen LogP contribution in [0.1, 0.15) is 30.1 Å². The number of anilines is 1. The van der Waals surface area contributed by atoms with Gasteiger partial charge in [0.2, 0.25) is 0 Å². The van der Waals surface area contributed by atoms with Crippen LogP contribution in [0.3, 0.4) is 0 Å². The minimum atomic E-state index is 0.519. The molecule has 16 heavy (non-hydrogen) atoms. The van der Waals surface area contributed by atoms with Crippen molar-refractivity contribution in [3.05, 3.63) is 41.7 Å². The normalized spacial score (nSPS) is 15.0. The monoisotopic (exact) mass is 215 g/mol. The summed E-state index contributed by atoms with van der Waals surface area (Å²) in [7, 11) is 0. The van der Waals surface area contributed by atoms with E-state index in [0.717, 1.165) is 5.82 Å². The molecule has 0 bridgehead atoms. The molecule has 1 aromatic heterocycles. The van der Waals surface area contributed by atoms with E-state index in [4.69, 9.17) is 4.52 Å². The minimum absolute atomic E-state index is 0.519. The van der Waals surface area contributed by atoms with Crippen LogP contribution in [-0.4, -0.2) is 10.1 Å². The summed E-state index contributed by atoms with van der Waals surface area (Å²) in [5.41, 5.74) is 1.20. The smallest absolute Gasteiger partial charge is 0.321 e. The lowest BCUT2D eigenvalue weighted by Crippen LogP contribution is -1.99. The van der Waals surface area contributed by atoms with Gasteiger partial charge in [0.15, 0.2) is 5.82 Å². The Morgan fingerprint density at radius 2 is 2.06 bits per heavy atom. The SMILES string of the molecule is c1ccc(CNc2nc(C3CC3)no2)cc1. The van der Waals surface area contributed by atoms with Crippen molar-refractivity contribution in [2.24, 2.45) is 0 Å². The van der Waals surface area contributed by atoms with Crippen LogP contribution in [0, 0.1) is 0 Å². The van der Waals surface area contributed by atoms with Gasteiger partial charge in [0, 0.05) is 12.5 Å². The number of hydrogen-bond acceptors (Lipinski definition) is 4. The molecule has 0 spiro atoms. The molecule has 1 N–H and O–H groups in total. The molecule has 1 aliphatic rings. The highest BCUT2D eigenvalue weighted by molar-refractivity contribution is 5.25. The number of benzene rings is 1. The average molecular weight is 215 g/mol. The van der Waals surface area contributed by atoms with E-state index < -0.39 is 0 Å². The van der Waals surface area contributed by atoms with Crippen LogP contribution >= 0.6 is 0 Å². The van der Waals surface area contributed by atoms with Gasteiger partial charge in [0.1, 0.15) is 0 Å². The first kappa shape index (κ1) is 9.39. The number of hydrogen-bond donors (Lipinski definition) is 1. The average Bonchev–Trinajstić information content (AvgIpc) is 3.08. The van der Waals surface area contributed by atoms with Crippen molar-refractivity contribution in [1.29, 1.82) is 0 Å². The second kappa shape index (κ2) is 3.96. The number of nitrogens with zero attached hydrogens (tertiary/aromatic N) is 2. The van der Waals surface area contributed by atoms with Crippen molar-refractivity contribution in [3.8, 4) is 0 Å². The van der Waals surface area contributed by atoms with Crippen LogP contribution in [0.25, 0.3) is 0 Å². The predicted molar refractivity (Wildman–Crippen MR) is 60.0 cm³/mol. The Bertz CT molecular complexity index is 462. The molecule has 1 aromatic carbocycles. The van der Waals surface area contributed by atoms with Gasteiger partial charge in [-0.15, -0.1) is 0 Å². The Kier molecular flexibility index (Phi) is 2.33. The van der Waals surface area contributed by atoms with Gasteiger partial charge in [-0.2, -0.15) is 4.98 Å². The second-order valence-electron chi connectivity index (χ2n) is 4.07. The van der Waals surface area contributed by atoms with Gasteiger partial charge in [-0.05, 0) is 18.4 Å². The predicted octanol–water partition coefficient (Wildman–Crippen LogP) is 2.56. The van der Waals surface area contributed by atoms with E-state index in [1.54, 1.807) is 0 Å². The van der Waals surface area contributed by atoms with Gasteiger partial charge in [0.05, 0.1) is 0 Å². The van der Waals surface area contributed by atoms with E-state index in [1.165, 1.54) is 18.4 Å². The van der Waals surface area contributed by atoms with Crippen molar-refractivity contribution in [2.75, 3.05) is 5.32 Å². The van der Waals surface area contributed by atoms with Crippen LogP contribution in [0.15, 0.2) is 34.9 Å². The number of aromatic nitrogens is 2. The molecule has 1 saturated carbocycles. The zero-order valence-corrected chi connectivity index (χ0v) is 8.89. The lowest BCUT2D eigenvalue weighted by Gasteiger charge is -1.99. The molecule has 3 rings (SSSR count). The first-order valence-electron chi connectivity index (χ1n) is 5.53. The Balaban J connectivity index is 1.61. The van der Waals surface area contributed by atoms with Gasteiger partial charge in [-0.1, -0.05) is 35.5 Å². The van der Waals surface area contributed by atoms with Gasteiger partial charge < -0.3 is 9.84 Å². The van der Waals surface area contributed by atoms with Gasteiger partial charge in [-0.3, -0.25) is 0 Å². The van der Waals surface area contributed by atoms with E-state index in [9.17, 15) is 0 Å². The molecule has 1 aliphatic carbocycles. The number of nitrogens with one attached hydrogen (secondary N) is 1. The van der Waals surface area contributed by atoms with Crippen LogP contribution in [0.4, 0.5) is 6.01 Å². The Morgan fingerprint density at radius 1 is 1.25 bits per heavy atom. The van der Waals surface area contributed by atoms with Crippen LogP contribution in [-0.2, 0) is 6.54 Å². The minimum Gasteiger partial charge on any atom is -0.334 e. The molecule has 0 amide bonds. The standard InChI is InChI=1S/C12H13N3O/c1-2-4-9(5-3-1)8-13-12-14-11(15-16-12)10-6-7-10/h1-5,10H,6-8H2,(H,13,14,15). The summed E-state index contributed by atoms with van der Waals surface area (Å²) in [6.45, 7) is 0.715. The maximum atomic E-state index is 5.12. The van der Waals surface area contributed by atoms with Crippen molar-refractivity contribution >= 4 is 6.01 Å². The van der Waals surface area contributed by atoms with Crippen molar-refractivity contribution in [2.45, 2.75) is 25.3 Å². The van der Waals surface area contributed by atoms with Crippen molar-refractivity contribution in [3.63, 3.8) is 0 Å². The fourth-order valence-corrected chi connectivity index (χ4v) is 1.59. The fourth-order valence-electron chi connectivity index (χ4n) is 1.59. The molecule has 0 saturated heterocycles. The molecular formula is C12H13N3O. The van der Waals surface area contributed by atoms with E-state index in [1.807, 2.05) is 18.2 Å². The Hall–Kier alpha value is -1.84. The third-order valence-corrected chi connectivity index (χ3v) is 2.67. The molecule has 0 atom stereocenters. The third-order valence-electron chi connectivity index (χ3n) is 2.67.